The number of aromatic nitrogens is 1. The summed E-state index contributed by atoms with van der Waals surface area (Å²) in [6.45, 7) is 4.21. The van der Waals surface area contributed by atoms with Crippen LogP contribution in [-0.4, -0.2) is 24.8 Å². The van der Waals surface area contributed by atoms with Crippen LogP contribution in [0.1, 0.15) is 24.6 Å². The molecule has 0 spiro atoms. The van der Waals surface area contributed by atoms with Crippen molar-refractivity contribution in [2.45, 2.75) is 26.4 Å². The molecule has 3 rings (SSSR count). The fraction of sp³-hybridized carbons (Fsp3) is 0.353. The Morgan fingerprint density at radius 1 is 1.33 bits per heavy atom. The molecule has 0 radical (unpaired) electrons. The Morgan fingerprint density at radius 2 is 2.14 bits per heavy atom. The first kappa shape index (κ1) is 14.0. The quantitative estimate of drug-likeness (QED) is 0.835. The highest BCUT2D eigenvalue weighted by Gasteiger charge is 2.21. The van der Waals surface area contributed by atoms with Crippen LogP contribution in [0, 0.1) is 6.92 Å². The Balaban J connectivity index is 2.17. The molecule has 0 saturated heterocycles. The van der Waals surface area contributed by atoms with Crippen LogP contribution >= 0.6 is 0 Å². The number of hydrogen-bond donors (Lipinski definition) is 0. The summed E-state index contributed by atoms with van der Waals surface area (Å²) in [6.07, 6.45) is 0.117. The number of ether oxygens (including phenoxy) is 2. The Hall–Kier alpha value is -1.94. The van der Waals surface area contributed by atoms with Gasteiger partial charge in [-0.2, -0.15) is 0 Å². The fourth-order valence-corrected chi connectivity index (χ4v) is 2.74. The minimum Gasteiger partial charge on any atom is -0.496 e. The smallest absolute Gasteiger partial charge is 0.132 e. The lowest BCUT2D eigenvalue weighted by molar-refractivity contribution is 0.0696. The first-order valence-electron chi connectivity index (χ1n) is 7.06. The van der Waals surface area contributed by atoms with Gasteiger partial charge >= 0.3 is 0 Å². The van der Waals surface area contributed by atoms with Gasteiger partial charge in [0, 0.05) is 17.1 Å². The molecule has 0 saturated carbocycles. The van der Waals surface area contributed by atoms with Crippen molar-refractivity contribution < 1.29 is 13.9 Å². The van der Waals surface area contributed by atoms with E-state index in [-0.39, 0.29) is 5.83 Å². The summed E-state index contributed by atoms with van der Waals surface area (Å²) in [4.78, 5) is 4.49. The van der Waals surface area contributed by atoms with Gasteiger partial charge in [0.15, 0.2) is 0 Å². The van der Waals surface area contributed by atoms with Crippen molar-refractivity contribution in [1.29, 1.82) is 0 Å². The van der Waals surface area contributed by atoms with Gasteiger partial charge in [-0.05, 0) is 43.5 Å². The second-order valence-corrected chi connectivity index (χ2v) is 5.29. The van der Waals surface area contributed by atoms with Crippen LogP contribution in [-0.2, 0) is 4.74 Å². The summed E-state index contributed by atoms with van der Waals surface area (Å²) in [5.74, 6) is 0.583. The molecule has 21 heavy (non-hydrogen) atoms. The number of rotatable bonds is 2. The molecule has 1 aliphatic heterocycles. The van der Waals surface area contributed by atoms with Gasteiger partial charge in [0.05, 0.1) is 19.2 Å². The third-order valence-electron chi connectivity index (χ3n) is 3.83. The van der Waals surface area contributed by atoms with E-state index in [0.717, 1.165) is 33.5 Å². The van der Waals surface area contributed by atoms with E-state index in [4.69, 9.17) is 9.47 Å². The first-order chi connectivity index (χ1) is 10.1. The van der Waals surface area contributed by atoms with Crippen molar-refractivity contribution in [3.05, 3.63) is 41.3 Å². The van der Waals surface area contributed by atoms with Gasteiger partial charge in [-0.3, -0.25) is 4.98 Å². The number of fused-ring (bicyclic) bond motifs is 1. The summed E-state index contributed by atoms with van der Waals surface area (Å²) in [5.41, 5.74) is 3.35. The predicted molar refractivity (Wildman–Crippen MR) is 81.1 cm³/mol. The molecule has 0 N–H and O–H groups in total. The van der Waals surface area contributed by atoms with Crippen LogP contribution < -0.4 is 4.74 Å². The SMILES string of the molecule is COc1cc(C)nc2ccc(C3=C(F)C(C)OCC3)cc12. The van der Waals surface area contributed by atoms with Crippen molar-refractivity contribution in [3.63, 3.8) is 0 Å². The second-order valence-electron chi connectivity index (χ2n) is 5.29. The number of benzene rings is 1. The summed E-state index contributed by atoms with van der Waals surface area (Å²) in [6, 6.07) is 7.68. The lowest BCUT2D eigenvalue weighted by atomic mass is 9.97. The van der Waals surface area contributed by atoms with Gasteiger partial charge in [-0.15, -0.1) is 0 Å². The second kappa shape index (κ2) is 5.45. The van der Waals surface area contributed by atoms with Crippen molar-refractivity contribution in [1.82, 2.24) is 4.98 Å². The zero-order chi connectivity index (χ0) is 15.0. The van der Waals surface area contributed by atoms with E-state index in [1.807, 2.05) is 31.2 Å². The zero-order valence-electron chi connectivity index (χ0n) is 12.4. The van der Waals surface area contributed by atoms with E-state index in [1.54, 1.807) is 14.0 Å². The van der Waals surface area contributed by atoms with E-state index >= 15 is 0 Å². The standard InChI is InChI=1S/C17H18FNO2/c1-10-8-16(20-3)14-9-12(4-5-15(14)19-10)13-6-7-21-11(2)17(13)18/h4-5,8-9,11H,6-7H2,1-3H3. The fourth-order valence-electron chi connectivity index (χ4n) is 2.74. The highest BCUT2D eigenvalue weighted by molar-refractivity contribution is 5.89. The van der Waals surface area contributed by atoms with Crippen LogP contribution in [0.15, 0.2) is 30.1 Å². The van der Waals surface area contributed by atoms with Gasteiger partial charge in [0.25, 0.3) is 0 Å². The summed E-state index contributed by atoms with van der Waals surface area (Å²) in [7, 11) is 1.64. The lowest BCUT2D eigenvalue weighted by Gasteiger charge is -2.22. The molecular weight excluding hydrogens is 269 g/mol. The molecule has 0 amide bonds. The molecule has 2 heterocycles. The molecule has 1 aliphatic rings. The van der Waals surface area contributed by atoms with Crippen LogP contribution in [0.5, 0.6) is 5.75 Å². The van der Waals surface area contributed by atoms with Crippen LogP contribution in [0.4, 0.5) is 4.39 Å². The lowest BCUT2D eigenvalue weighted by Crippen LogP contribution is -2.17. The van der Waals surface area contributed by atoms with E-state index in [1.165, 1.54) is 0 Å². The molecular formula is C17H18FNO2. The average Bonchev–Trinajstić information content (AvgIpc) is 2.49. The van der Waals surface area contributed by atoms with E-state index in [9.17, 15) is 4.39 Å². The molecule has 110 valence electrons. The molecule has 0 fully saturated rings. The van der Waals surface area contributed by atoms with Crippen molar-refractivity contribution in [3.8, 4) is 5.75 Å². The van der Waals surface area contributed by atoms with Crippen LogP contribution in [0.2, 0.25) is 0 Å². The maximum Gasteiger partial charge on any atom is 0.132 e. The summed E-state index contributed by atoms with van der Waals surface area (Å²) < 4.78 is 25.0. The number of methoxy groups -OCH3 is 1. The average molecular weight is 287 g/mol. The van der Waals surface area contributed by atoms with E-state index in [2.05, 4.69) is 4.98 Å². The number of halogens is 1. The predicted octanol–water partition coefficient (Wildman–Crippen LogP) is 4.04. The van der Waals surface area contributed by atoms with Crippen LogP contribution in [0.3, 0.4) is 0 Å². The summed E-state index contributed by atoms with van der Waals surface area (Å²) >= 11 is 0. The van der Waals surface area contributed by atoms with Crippen molar-refractivity contribution in [2.24, 2.45) is 0 Å². The zero-order valence-corrected chi connectivity index (χ0v) is 12.4. The maximum atomic E-state index is 14.3. The molecule has 3 nitrogen and oxygen atoms in total. The third kappa shape index (κ3) is 2.51. The van der Waals surface area contributed by atoms with Crippen molar-refractivity contribution in [2.75, 3.05) is 13.7 Å². The highest BCUT2D eigenvalue weighted by Crippen LogP contribution is 2.34. The van der Waals surface area contributed by atoms with Gasteiger partial charge in [-0.25, -0.2) is 4.39 Å². The molecule has 1 atom stereocenters. The molecule has 0 aliphatic carbocycles. The van der Waals surface area contributed by atoms with Gasteiger partial charge in [0.2, 0.25) is 0 Å². The monoisotopic (exact) mass is 287 g/mol. The van der Waals surface area contributed by atoms with Gasteiger partial charge < -0.3 is 9.47 Å². The van der Waals surface area contributed by atoms with Gasteiger partial charge in [-0.1, -0.05) is 6.07 Å². The molecule has 1 aromatic heterocycles. The molecule has 0 bridgehead atoms. The minimum absolute atomic E-state index is 0.181. The van der Waals surface area contributed by atoms with E-state index in [0.29, 0.717) is 13.0 Å². The van der Waals surface area contributed by atoms with E-state index < -0.39 is 6.10 Å². The Kier molecular flexibility index (Phi) is 3.64. The summed E-state index contributed by atoms with van der Waals surface area (Å²) in [5, 5.41) is 0.903. The van der Waals surface area contributed by atoms with Crippen LogP contribution in [0.25, 0.3) is 16.5 Å². The topological polar surface area (TPSA) is 31.4 Å². The Bertz CT molecular complexity index is 724. The number of hydrogen-bond acceptors (Lipinski definition) is 3. The van der Waals surface area contributed by atoms with Gasteiger partial charge in [0.1, 0.15) is 17.7 Å². The molecule has 2 aromatic rings. The number of aryl methyl sites for hydroxylation is 1. The number of pyridine rings is 1. The largest absolute Gasteiger partial charge is 0.496 e. The first-order valence-corrected chi connectivity index (χ1v) is 7.06. The van der Waals surface area contributed by atoms with Crippen molar-refractivity contribution >= 4 is 16.5 Å². The highest BCUT2D eigenvalue weighted by atomic mass is 19.1. The maximum absolute atomic E-state index is 14.3. The minimum atomic E-state index is -0.470. The molecule has 1 unspecified atom stereocenters. The Morgan fingerprint density at radius 3 is 2.90 bits per heavy atom. The molecule has 4 heteroatoms. The Labute approximate surface area is 123 Å². The normalized spacial score (nSPS) is 19.1. The molecule has 1 aromatic carbocycles. The number of nitrogens with zero attached hydrogens (tertiary/aromatic N) is 1. The third-order valence-corrected chi connectivity index (χ3v) is 3.83.